The van der Waals surface area contributed by atoms with E-state index in [1.807, 2.05) is 0 Å². The van der Waals surface area contributed by atoms with Crippen molar-refractivity contribution in [2.45, 2.75) is 38.5 Å². The number of nitro groups is 1. The van der Waals surface area contributed by atoms with Crippen LogP contribution in [0.2, 0.25) is 0 Å². The molecule has 0 heterocycles. The maximum absolute atomic E-state index is 13.1. The van der Waals surface area contributed by atoms with Crippen LogP contribution in [0.15, 0.2) is 18.2 Å². The van der Waals surface area contributed by atoms with E-state index in [4.69, 9.17) is 4.74 Å². The molecule has 7 heteroatoms. The quantitative estimate of drug-likeness (QED) is 0.371. The van der Waals surface area contributed by atoms with Gasteiger partial charge in [0.05, 0.1) is 18.5 Å². The molecule has 24 heavy (non-hydrogen) atoms. The molecule has 0 atom stereocenters. The molecule has 1 N–H and O–H groups in total. The van der Waals surface area contributed by atoms with Crippen molar-refractivity contribution in [2.24, 2.45) is 5.41 Å². The number of carbonyl (C=O) groups excluding carboxylic acids is 2. The lowest BCUT2D eigenvalue weighted by Crippen LogP contribution is -2.36. The summed E-state index contributed by atoms with van der Waals surface area (Å²) >= 11 is 0. The number of anilines is 1. The lowest BCUT2D eigenvalue weighted by Gasteiger charge is -2.35. The van der Waals surface area contributed by atoms with Crippen LogP contribution < -0.4 is 5.32 Å². The van der Waals surface area contributed by atoms with Gasteiger partial charge in [-0.05, 0) is 25.0 Å². The second-order valence-corrected chi connectivity index (χ2v) is 6.16. The molecule has 1 aliphatic rings. The Hall–Kier alpha value is -2.44. The fraction of sp³-hybridized carbons (Fsp3) is 0.529. The summed E-state index contributed by atoms with van der Waals surface area (Å²) < 4.78 is 4.75. The molecule has 130 valence electrons. The van der Waals surface area contributed by atoms with Gasteiger partial charge in [0.25, 0.3) is 5.69 Å². The third-order valence-electron chi connectivity index (χ3n) is 4.73. The van der Waals surface area contributed by atoms with Gasteiger partial charge in [-0.25, -0.2) is 0 Å². The summed E-state index contributed by atoms with van der Waals surface area (Å²) in [4.78, 5) is 35.6. The molecule has 0 saturated heterocycles. The van der Waals surface area contributed by atoms with Crippen molar-refractivity contribution in [1.82, 2.24) is 0 Å². The zero-order valence-corrected chi connectivity index (χ0v) is 14.0. The number of nitrogens with zero attached hydrogens (tertiary/aromatic N) is 1. The molecule has 1 aliphatic carbocycles. The van der Waals surface area contributed by atoms with Crippen molar-refractivity contribution < 1.29 is 19.2 Å². The molecular formula is C17H22N2O5. The van der Waals surface area contributed by atoms with Gasteiger partial charge in [0.1, 0.15) is 5.69 Å². The predicted molar refractivity (Wildman–Crippen MR) is 89.1 cm³/mol. The molecule has 0 radical (unpaired) electrons. The molecule has 0 aromatic heterocycles. The number of nitro benzene ring substituents is 1. The lowest BCUT2D eigenvalue weighted by atomic mass is 9.67. The summed E-state index contributed by atoms with van der Waals surface area (Å²) in [5.74, 6) is -0.634. The maximum atomic E-state index is 13.1. The third kappa shape index (κ3) is 3.55. The number of carbonyl (C=O) groups is 2. The fourth-order valence-corrected chi connectivity index (χ4v) is 3.40. The SMILES string of the molecule is CNc1ccc(C(=O)C2(CC(=O)OC)CCCCC2)cc1[N+](=O)[O-]. The van der Waals surface area contributed by atoms with E-state index in [-0.39, 0.29) is 23.5 Å². The molecule has 1 fully saturated rings. The number of nitrogens with one attached hydrogen (secondary N) is 1. The van der Waals surface area contributed by atoms with E-state index in [0.29, 0.717) is 18.5 Å². The molecule has 7 nitrogen and oxygen atoms in total. The van der Waals surface area contributed by atoms with Gasteiger partial charge in [0.2, 0.25) is 0 Å². The number of esters is 1. The van der Waals surface area contributed by atoms with Crippen molar-refractivity contribution in [3.63, 3.8) is 0 Å². The summed E-state index contributed by atoms with van der Waals surface area (Å²) in [6, 6.07) is 4.40. The maximum Gasteiger partial charge on any atom is 0.306 e. The van der Waals surface area contributed by atoms with Crippen LogP contribution in [0.1, 0.15) is 48.9 Å². The van der Waals surface area contributed by atoms with Crippen molar-refractivity contribution in [2.75, 3.05) is 19.5 Å². The van der Waals surface area contributed by atoms with Gasteiger partial charge in [-0.15, -0.1) is 0 Å². The second kappa shape index (κ2) is 7.42. The summed E-state index contributed by atoms with van der Waals surface area (Å²) in [5, 5.41) is 14.0. The Balaban J connectivity index is 2.41. The molecule has 0 aliphatic heterocycles. The Morgan fingerprint density at radius 1 is 1.29 bits per heavy atom. The van der Waals surface area contributed by atoms with Crippen molar-refractivity contribution in [3.05, 3.63) is 33.9 Å². The predicted octanol–water partition coefficient (Wildman–Crippen LogP) is 3.33. The standard InChI is InChI=1S/C17H22N2O5/c1-18-13-7-6-12(10-14(13)19(22)23)16(21)17(11-15(20)24-2)8-4-3-5-9-17/h6-7,10,18H,3-5,8-9,11H2,1-2H3. The molecule has 0 spiro atoms. The number of benzene rings is 1. The topological polar surface area (TPSA) is 98.5 Å². The Bertz CT molecular complexity index is 650. The minimum Gasteiger partial charge on any atom is -0.469 e. The van der Waals surface area contributed by atoms with Crippen LogP contribution in [0.4, 0.5) is 11.4 Å². The van der Waals surface area contributed by atoms with E-state index in [2.05, 4.69) is 5.32 Å². The van der Waals surface area contributed by atoms with Gasteiger partial charge in [0, 0.05) is 24.1 Å². The Morgan fingerprint density at radius 3 is 2.50 bits per heavy atom. The second-order valence-electron chi connectivity index (χ2n) is 6.16. The first-order chi connectivity index (χ1) is 11.4. The zero-order chi connectivity index (χ0) is 17.7. The molecule has 1 aromatic rings. The molecule has 0 unspecified atom stereocenters. The van der Waals surface area contributed by atoms with Crippen LogP contribution in [-0.4, -0.2) is 30.8 Å². The van der Waals surface area contributed by atoms with Crippen molar-refractivity contribution >= 4 is 23.1 Å². The highest BCUT2D eigenvalue weighted by atomic mass is 16.6. The van der Waals surface area contributed by atoms with Gasteiger partial charge in [-0.1, -0.05) is 19.3 Å². The van der Waals surface area contributed by atoms with Gasteiger partial charge >= 0.3 is 5.97 Å². The first kappa shape index (κ1) is 17.9. The number of methoxy groups -OCH3 is 1. The van der Waals surface area contributed by atoms with Gasteiger partial charge < -0.3 is 10.1 Å². The van der Waals surface area contributed by atoms with Gasteiger partial charge in [0.15, 0.2) is 5.78 Å². The molecule has 0 amide bonds. The number of Topliss-reactive ketones (excluding diaryl/α,β-unsaturated/α-hetero) is 1. The third-order valence-corrected chi connectivity index (χ3v) is 4.73. The van der Waals surface area contributed by atoms with E-state index in [0.717, 1.165) is 19.3 Å². The largest absolute Gasteiger partial charge is 0.469 e. The van der Waals surface area contributed by atoms with Crippen molar-refractivity contribution in [1.29, 1.82) is 0 Å². The monoisotopic (exact) mass is 334 g/mol. The Kier molecular flexibility index (Phi) is 5.54. The van der Waals surface area contributed by atoms with E-state index >= 15 is 0 Å². The average molecular weight is 334 g/mol. The highest BCUT2D eigenvalue weighted by Crippen LogP contribution is 2.43. The normalized spacial score (nSPS) is 16.2. The summed E-state index contributed by atoms with van der Waals surface area (Å²) in [6.45, 7) is 0. The summed E-state index contributed by atoms with van der Waals surface area (Å²) in [7, 11) is 2.89. The van der Waals surface area contributed by atoms with Gasteiger partial charge in [-0.2, -0.15) is 0 Å². The number of ketones is 1. The minimum absolute atomic E-state index is 0.0178. The molecular weight excluding hydrogens is 312 g/mol. The van der Waals surface area contributed by atoms with E-state index in [1.54, 1.807) is 13.1 Å². The highest BCUT2D eigenvalue weighted by Gasteiger charge is 2.42. The number of rotatable bonds is 6. The lowest BCUT2D eigenvalue weighted by molar-refractivity contribution is -0.384. The van der Waals surface area contributed by atoms with E-state index in [1.165, 1.54) is 19.2 Å². The molecule has 0 bridgehead atoms. The van der Waals surface area contributed by atoms with Crippen molar-refractivity contribution in [3.8, 4) is 0 Å². The Morgan fingerprint density at radius 2 is 1.96 bits per heavy atom. The van der Waals surface area contributed by atoms with Crippen LogP contribution in [0.3, 0.4) is 0 Å². The van der Waals surface area contributed by atoms with Crippen LogP contribution in [0, 0.1) is 15.5 Å². The highest BCUT2D eigenvalue weighted by molar-refractivity contribution is 6.03. The first-order valence-electron chi connectivity index (χ1n) is 8.01. The van der Waals surface area contributed by atoms with Crippen LogP contribution in [-0.2, 0) is 9.53 Å². The van der Waals surface area contributed by atoms with E-state index < -0.39 is 16.3 Å². The van der Waals surface area contributed by atoms with Crippen LogP contribution in [0.25, 0.3) is 0 Å². The van der Waals surface area contributed by atoms with Crippen LogP contribution >= 0.6 is 0 Å². The zero-order valence-electron chi connectivity index (χ0n) is 14.0. The summed E-state index contributed by atoms with van der Waals surface area (Å²) in [5.41, 5.74) is -0.346. The summed E-state index contributed by atoms with van der Waals surface area (Å²) in [6.07, 6.45) is 3.96. The average Bonchev–Trinajstić information content (AvgIpc) is 2.61. The first-order valence-corrected chi connectivity index (χ1v) is 8.01. The fourth-order valence-electron chi connectivity index (χ4n) is 3.40. The van der Waals surface area contributed by atoms with Gasteiger partial charge in [-0.3, -0.25) is 19.7 Å². The van der Waals surface area contributed by atoms with Crippen LogP contribution in [0.5, 0.6) is 0 Å². The molecule has 1 saturated carbocycles. The smallest absolute Gasteiger partial charge is 0.306 e. The Labute approximate surface area is 140 Å². The molecule has 1 aromatic carbocycles. The number of hydrogen-bond donors (Lipinski definition) is 1. The minimum atomic E-state index is -0.819. The molecule has 2 rings (SSSR count). The van der Waals surface area contributed by atoms with E-state index in [9.17, 15) is 19.7 Å². The number of ether oxygens (including phenoxy) is 1. The number of hydrogen-bond acceptors (Lipinski definition) is 6.